The highest BCUT2D eigenvalue weighted by Crippen LogP contribution is 2.00. The number of carbonyl (C=O) groups excluding carboxylic acids is 1. The van der Waals surface area contributed by atoms with Gasteiger partial charge >= 0.3 is 0 Å². The summed E-state index contributed by atoms with van der Waals surface area (Å²) >= 11 is 0. The molecule has 0 unspecified atom stereocenters. The molecule has 0 aliphatic rings. The molecule has 0 fully saturated rings. The number of nitrogens with one attached hydrogen (secondary N) is 1. The summed E-state index contributed by atoms with van der Waals surface area (Å²) in [6.07, 6.45) is 3.59. The molecule has 1 rings (SSSR count). The van der Waals surface area contributed by atoms with Crippen LogP contribution >= 0.6 is 0 Å². The van der Waals surface area contributed by atoms with Crippen molar-refractivity contribution >= 4 is 5.91 Å². The van der Waals surface area contributed by atoms with Crippen LogP contribution in [0.2, 0.25) is 0 Å². The van der Waals surface area contributed by atoms with Crippen molar-refractivity contribution < 1.29 is 9.90 Å². The molecule has 0 atom stereocenters. The van der Waals surface area contributed by atoms with Crippen molar-refractivity contribution in [3.8, 4) is 0 Å². The summed E-state index contributed by atoms with van der Waals surface area (Å²) in [5.41, 5.74) is 0.491. The van der Waals surface area contributed by atoms with E-state index in [1.165, 1.54) is 12.5 Å². The van der Waals surface area contributed by atoms with E-state index >= 15 is 0 Å². The number of imidazole rings is 1. The second-order valence-corrected chi connectivity index (χ2v) is 2.93. The quantitative estimate of drug-likeness (QED) is 0.711. The van der Waals surface area contributed by atoms with Gasteiger partial charge in [0.2, 0.25) is 0 Å². The van der Waals surface area contributed by atoms with Crippen LogP contribution in [0.25, 0.3) is 0 Å². The zero-order valence-corrected chi connectivity index (χ0v) is 8.23. The summed E-state index contributed by atoms with van der Waals surface area (Å²) in [4.78, 5) is 19.9. The van der Waals surface area contributed by atoms with Crippen LogP contribution in [-0.2, 0) is 0 Å². The molecular formula is C9H15N3O2. The van der Waals surface area contributed by atoms with E-state index in [2.05, 4.69) is 9.97 Å². The van der Waals surface area contributed by atoms with Gasteiger partial charge in [-0.05, 0) is 13.3 Å². The van der Waals surface area contributed by atoms with Gasteiger partial charge in [-0.1, -0.05) is 0 Å². The van der Waals surface area contributed by atoms with Crippen molar-refractivity contribution in [1.82, 2.24) is 14.9 Å². The average molecular weight is 197 g/mol. The van der Waals surface area contributed by atoms with Crippen molar-refractivity contribution in [3.63, 3.8) is 0 Å². The summed E-state index contributed by atoms with van der Waals surface area (Å²) in [5.74, 6) is -0.0709. The van der Waals surface area contributed by atoms with Gasteiger partial charge in [-0.3, -0.25) is 4.79 Å². The van der Waals surface area contributed by atoms with E-state index in [1.54, 1.807) is 4.90 Å². The summed E-state index contributed by atoms with van der Waals surface area (Å²) in [6, 6.07) is 0. The van der Waals surface area contributed by atoms with Crippen molar-refractivity contribution in [2.24, 2.45) is 0 Å². The maximum atomic E-state index is 11.7. The van der Waals surface area contributed by atoms with Gasteiger partial charge in [0.1, 0.15) is 5.69 Å². The highest BCUT2D eigenvalue weighted by molar-refractivity contribution is 5.92. The molecule has 0 aliphatic heterocycles. The number of carbonyl (C=O) groups is 1. The summed E-state index contributed by atoms with van der Waals surface area (Å²) in [6.45, 7) is 3.22. The van der Waals surface area contributed by atoms with Gasteiger partial charge in [0.05, 0.1) is 12.5 Å². The molecule has 1 aromatic heterocycles. The van der Waals surface area contributed by atoms with Crippen LogP contribution in [0.1, 0.15) is 23.8 Å². The first-order valence-corrected chi connectivity index (χ1v) is 4.68. The highest BCUT2D eigenvalue weighted by atomic mass is 16.3. The monoisotopic (exact) mass is 197 g/mol. The lowest BCUT2D eigenvalue weighted by atomic mass is 10.3. The van der Waals surface area contributed by atoms with Gasteiger partial charge in [0, 0.05) is 19.7 Å². The molecule has 2 N–H and O–H groups in total. The van der Waals surface area contributed by atoms with E-state index in [9.17, 15) is 4.79 Å². The Bertz CT molecular complexity index is 272. The largest absolute Gasteiger partial charge is 0.396 e. The van der Waals surface area contributed by atoms with Gasteiger partial charge in [-0.2, -0.15) is 0 Å². The molecule has 0 saturated heterocycles. The van der Waals surface area contributed by atoms with Crippen molar-refractivity contribution in [3.05, 3.63) is 18.2 Å². The smallest absolute Gasteiger partial charge is 0.271 e. The molecule has 0 aliphatic carbocycles. The van der Waals surface area contributed by atoms with E-state index < -0.39 is 0 Å². The minimum atomic E-state index is -0.0709. The predicted molar refractivity (Wildman–Crippen MR) is 51.9 cm³/mol. The molecule has 1 aromatic rings. The van der Waals surface area contributed by atoms with Gasteiger partial charge in [0.25, 0.3) is 5.91 Å². The minimum absolute atomic E-state index is 0.0709. The lowest BCUT2D eigenvalue weighted by Gasteiger charge is -2.19. The highest BCUT2D eigenvalue weighted by Gasteiger charge is 2.14. The van der Waals surface area contributed by atoms with E-state index in [-0.39, 0.29) is 12.5 Å². The number of aromatic amines is 1. The topological polar surface area (TPSA) is 69.2 Å². The van der Waals surface area contributed by atoms with E-state index in [0.717, 1.165) is 0 Å². The number of amides is 1. The van der Waals surface area contributed by atoms with Crippen LogP contribution in [0.15, 0.2) is 12.5 Å². The van der Waals surface area contributed by atoms with Crippen molar-refractivity contribution in [2.45, 2.75) is 13.3 Å². The van der Waals surface area contributed by atoms with E-state index in [4.69, 9.17) is 5.11 Å². The van der Waals surface area contributed by atoms with E-state index in [0.29, 0.717) is 25.2 Å². The summed E-state index contributed by atoms with van der Waals surface area (Å²) < 4.78 is 0. The molecule has 1 heterocycles. The Labute approximate surface area is 82.8 Å². The van der Waals surface area contributed by atoms with Crippen molar-refractivity contribution in [2.75, 3.05) is 19.7 Å². The number of hydrogen-bond donors (Lipinski definition) is 2. The van der Waals surface area contributed by atoms with Gasteiger partial charge in [-0.25, -0.2) is 4.98 Å². The zero-order valence-electron chi connectivity index (χ0n) is 8.23. The molecule has 1 amide bonds. The lowest BCUT2D eigenvalue weighted by Crippen LogP contribution is -2.32. The molecule has 0 saturated carbocycles. The third-order valence-electron chi connectivity index (χ3n) is 1.98. The first-order valence-electron chi connectivity index (χ1n) is 4.68. The third-order valence-corrected chi connectivity index (χ3v) is 1.98. The Morgan fingerprint density at radius 2 is 2.50 bits per heavy atom. The molecule has 0 bridgehead atoms. The Hall–Kier alpha value is -1.36. The van der Waals surface area contributed by atoms with Crippen LogP contribution in [0.4, 0.5) is 0 Å². The van der Waals surface area contributed by atoms with Gasteiger partial charge < -0.3 is 15.0 Å². The lowest BCUT2D eigenvalue weighted by molar-refractivity contribution is 0.0749. The Balaban J connectivity index is 2.56. The number of H-pyrrole nitrogens is 1. The standard InChI is InChI=1S/C9H15N3O2/c1-2-12(4-3-5-13)9(14)8-6-10-7-11-8/h6-7,13H,2-5H2,1H3,(H,10,11). The third kappa shape index (κ3) is 2.56. The first kappa shape index (κ1) is 10.7. The van der Waals surface area contributed by atoms with Crippen LogP contribution in [0, 0.1) is 0 Å². The molecule has 0 spiro atoms. The fourth-order valence-corrected chi connectivity index (χ4v) is 1.21. The fourth-order valence-electron chi connectivity index (χ4n) is 1.21. The molecule has 14 heavy (non-hydrogen) atoms. The Kier molecular flexibility index (Phi) is 4.12. The fraction of sp³-hybridized carbons (Fsp3) is 0.556. The first-order chi connectivity index (χ1) is 6.79. The van der Waals surface area contributed by atoms with Crippen LogP contribution in [0.5, 0.6) is 0 Å². The second-order valence-electron chi connectivity index (χ2n) is 2.93. The number of nitrogens with zero attached hydrogens (tertiary/aromatic N) is 2. The molecular weight excluding hydrogens is 182 g/mol. The maximum Gasteiger partial charge on any atom is 0.271 e. The minimum Gasteiger partial charge on any atom is -0.396 e. The number of aromatic nitrogens is 2. The molecule has 5 heteroatoms. The van der Waals surface area contributed by atoms with E-state index in [1.807, 2.05) is 6.92 Å². The maximum absolute atomic E-state index is 11.7. The molecule has 0 radical (unpaired) electrons. The SMILES string of the molecule is CCN(CCCO)C(=O)c1cnc[nH]1. The summed E-state index contributed by atoms with van der Waals surface area (Å²) in [5, 5.41) is 8.66. The van der Waals surface area contributed by atoms with Crippen LogP contribution in [0.3, 0.4) is 0 Å². The number of rotatable bonds is 5. The molecule has 5 nitrogen and oxygen atoms in total. The average Bonchev–Trinajstić information content (AvgIpc) is 2.71. The number of aliphatic hydroxyl groups is 1. The van der Waals surface area contributed by atoms with Gasteiger partial charge in [-0.15, -0.1) is 0 Å². The molecule has 78 valence electrons. The summed E-state index contributed by atoms with van der Waals surface area (Å²) in [7, 11) is 0. The van der Waals surface area contributed by atoms with Crippen LogP contribution < -0.4 is 0 Å². The number of aliphatic hydroxyl groups excluding tert-OH is 1. The van der Waals surface area contributed by atoms with Crippen LogP contribution in [-0.4, -0.2) is 45.6 Å². The van der Waals surface area contributed by atoms with Crippen molar-refractivity contribution in [1.29, 1.82) is 0 Å². The Morgan fingerprint density at radius 3 is 3.00 bits per heavy atom. The number of hydrogen-bond acceptors (Lipinski definition) is 3. The van der Waals surface area contributed by atoms with Gasteiger partial charge in [0.15, 0.2) is 0 Å². The second kappa shape index (κ2) is 5.39. The Morgan fingerprint density at radius 1 is 1.71 bits per heavy atom. The normalized spacial score (nSPS) is 10.1. The zero-order chi connectivity index (χ0) is 10.4. The predicted octanol–water partition coefficient (Wildman–Crippen LogP) is 0.254. The molecule has 0 aromatic carbocycles.